The van der Waals surface area contributed by atoms with Gasteiger partial charge in [0.05, 0.1) is 6.61 Å². The Morgan fingerprint density at radius 2 is 2.00 bits per heavy atom. The molecule has 4 heteroatoms. The lowest BCUT2D eigenvalue weighted by Crippen LogP contribution is -2.22. The first-order chi connectivity index (χ1) is 12.1. The molecule has 132 valence electrons. The number of benzene rings is 2. The number of nitrogens with one attached hydrogen (secondary N) is 1. The standard InChI is InChI=1S/C21H25NO3/c1-3-21(24)18-10-16-6-7-19(25-13-15-4-5-15)12-20(16)17(11-18)8-9-22-14(2)23/h6-7,10-12,15H,3-5,8-9,13H2,1-2H3,(H,22,23). The van der Waals surface area contributed by atoms with Crippen molar-refractivity contribution in [2.45, 2.75) is 39.5 Å². The third-order valence-electron chi connectivity index (χ3n) is 4.61. The van der Waals surface area contributed by atoms with Gasteiger partial charge < -0.3 is 10.1 Å². The van der Waals surface area contributed by atoms with E-state index in [4.69, 9.17) is 4.74 Å². The molecule has 3 rings (SSSR count). The molecular formula is C21H25NO3. The van der Waals surface area contributed by atoms with Gasteiger partial charge in [0.2, 0.25) is 5.91 Å². The smallest absolute Gasteiger partial charge is 0.216 e. The van der Waals surface area contributed by atoms with Gasteiger partial charge in [-0.15, -0.1) is 0 Å². The van der Waals surface area contributed by atoms with E-state index in [2.05, 4.69) is 11.4 Å². The minimum atomic E-state index is -0.0430. The van der Waals surface area contributed by atoms with Crippen LogP contribution in [0.15, 0.2) is 30.3 Å². The molecule has 1 aliphatic rings. The minimum Gasteiger partial charge on any atom is -0.493 e. The predicted molar refractivity (Wildman–Crippen MR) is 99.2 cm³/mol. The average Bonchev–Trinajstić information content (AvgIpc) is 3.43. The van der Waals surface area contributed by atoms with Gasteiger partial charge in [0.1, 0.15) is 5.75 Å². The number of hydrogen-bond acceptors (Lipinski definition) is 3. The summed E-state index contributed by atoms with van der Waals surface area (Å²) in [6.45, 7) is 4.72. The molecule has 0 aliphatic heterocycles. The molecule has 0 atom stereocenters. The zero-order valence-electron chi connectivity index (χ0n) is 14.9. The summed E-state index contributed by atoms with van der Waals surface area (Å²) in [6, 6.07) is 9.96. The number of carbonyl (C=O) groups is 2. The Labute approximate surface area is 148 Å². The summed E-state index contributed by atoms with van der Waals surface area (Å²) in [5.74, 6) is 1.67. The second-order valence-corrected chi connectivity index (χ2v) is 6.78. The maximum absolute atomic E-state index is 12.1. The van der Waals surface area contributed by atoms with Crippen LogP contribution in [-0.4, -0.2) is 24.8 Å². The summed E-state index contributed by atoms with van der Waals surface area (Å²) < 4.78 is 5.90. The molecule has 0 radical (unpaired) electrons. The molecule has 4 nitrogen and oxygen atoms in total. The van der Waals surface area contributed by atoms with Crippen LogP contribution in [0.3, 0.4) is 0 Å². The molecule has 0 bridgehead atoms. The number of fused-ring (bicyclic) bond motifs is 1. The van der Waals surface area contributed by atoms with Gasteiger partial charge in [-0.3, -0.25) is 9.59 Å². The van der Waals surface area contributed by atoms with Gasteiger partial charge in [-0.1, -0.05) is 13.0 Å². The van der Waals surface area contributed by atoms with E-state index in [0.717, 1.165) is 34.3 Å². The lowest BCUT2D eigenvalue weighted by molar-refractivity contribution is -0.118. The van der Waals surface area contributed by atoms with Crippen molar-refractivity contribution >= 4 is 22.5 Å². The van der Waals surface area contributed by atoms with Crippen molar-refractivity contribution in [1.29, 1.82) is 0 Å². The summed E-state index contributed by atoms with van der Waals surface area (Å²) >= 11 is 0. The number of Topliss-reactive ketones (excluding diaryl/α,β-unsaturated/α-hetero) is 1. The van der Waals surface area contributed by atoms with Crippen molar-refractivity contribution < 1.29 is 14.3 Å². The topological polar surface area (TPSA) is 55.4 Å². The van der Waals surface area contributed by atoms with Gasteiger partial charge in [0.25, 0.3) is 0 Å². The van der Waals surface area contributed by atoms with Crippen molar-refractivity contribution in [3.8, 4) is 5.75 Å². The van der Waals surface area contributed by atoms with Crippen LogP contribution in [0.2, 0.25) is 0 Å². The molecule has 1 saturated carbocycles. The highest BCUT2D eigenvalue weighted by Gasteiger charge is 2.22. The van der Waals surface area contributed by atoms with Crippen molar-refractivity contribution in [1.82, 2.24) is 5.32 Å². The van der Waals surface area contributed by atoms with Crippen molar-refractivity contribution in [2.24, 2.45) is 5.92 Å². The van der Waals surface area contributed by atoms with Gasteiger partial charge in [-0.2, -0.15) is 0 Å². The van der Waals surface area contributed by atoms with E-state index < -0.39 is 0 Å². The van der Waals surface area contributed by atoms with Gasteiger partial charge in [0, 0.05) is 25.5 Å². The number of amides is 1. The van der Waals surface area contributed by atoms with Crippen molar-refractivity contribution in [2.75, 3.05) is 13.2 Å². The fourth-order valence-corrected chi connectivity index (χ4v) is 2.95. The first-order valence-corrected chi connectivity index (χ1v) is 9.04. The van der Waals surface area contributed by atoms with E-state index in [1.54, 1.807) is 0 Å². The molecule has 1 N–H and O–H groups in total. The summed E-state index contributed by atoms with van der Waals surface area (Å²) in [4.78, 5) is 23.3. The third-order valence-corrected chi connectivity index (χ3v) is 4.61. The molecular weight excluding hydrogens is 314 g/mol. The van der Waals surface area contributed by atoms with E-state index in [-0.39, 0.29) is 11.7 Å². The van der Waals surface area contributed by atoms with Crippen LogP contribution in [0, 0.1) is 5.92 Å². The summed E-state index contributed by atoms with van der Waals surface area (Å²) in [5, 5.41) is 4.96. The van der Waals surface area contributed by atoms with Gasteiger partial charge in [-0.05, 0) is 65.8 Å². The Kier molecular flexibility index (Phi) is 5.37. The highest BCUT2D eigenvalue weighted by atomic mass is 16.5. The number of ether oxygens (including phenoxy) is 1. The molecule has 2 aromatic carbocycles. The molecule has 1 amide bonds. The Hall–Kier alpha value is -2.36. The molecule has 1 fully saturated rings. The van der Waals surface area contributed by atoms with E-state index in [0.29, 0.717) is 25.3 Å². The Morgan fingerprint density at radius 3 is 2.68 bits per heavy atom. The highest BCUT2D eigenvalue weighted by molar-refractivity contribution is 6.01. The fourth-order valence-electron chi connectivity index (χ4n) is 2.95. The minimum absolute atomic E-state index is 0.0430. The lowest BCUT2D eigenvalue weighted by Gasteiger charge is -2.12. The summed E-state index contributed by atoms with van der Waals surface area (Å²) in [5.41, 5.74) is 1.80. The SMILES string of the molecule is CCC(=O)c1cc(CCNC(C)=O)c2cc(OCC3CC3)ccc2c1. The second kappa shape index (κ2) is 7.68. The Balaban J connectivity index is 1.91. The Morgan fingerprint density at radius 1 is 1.20 bits per heavy atom. The number of ketones is 1. The molecule has 0 saturated heterocycles. The maximum atomic E-state index is 12.1. The lowest BCUT2D eigenvalue weighted by atomic mass is 9.96. The molecule has 0 spiro atoms. The molecule has 0 heterocycles. The molecule has 2 aromatic rings. The summed E-state index contributed by atoms with van der Waals surface area (Å²) in [7, 11) is 0. The fraction of sp³-hybridized carbons (Fsp3) is 0.429. The molecule has 0 unspecified atom stereocenters. The largest absolute Gasteiger partial charge is 0.493 e. The van der Waals surface area contributed by atoms with E-state index in [1.807, 2.05) is 31.2 Å². The maximum Gasteiger partial charge on any atom is 0.216 e. The van der Waals surface area contributed by atoms with E-state index >= 15 is 0 Å². The zero-order valence-corrected chi connectivity index (χ0v) is 14.9. The second-order valence-electron chi connectivity index (χ2n) is 6.78. The average molecular weight is 339 g/mol. The van der Waals surface area contributed by atoms with Crippen LogP contribution in [0.4, 0.5) is 0 Å². The van der Waals surface area contributed by atoms with Gasteiger partial charge in [-0.25, -0.2) is 0 Å². The van der Waals surface area contributed by atoms with Crippen LogP contribution in [0.5, 0.6) is 5.75 Å². The van der Waals surface area contributed by atoms with E-state index in [9.17, 15) is 9.59 Å². The summed E-state index contributed by atoms with van der Waals surface area (Å²) in [6.07, 6.45) is 3.70. The number of hydrogen-bond donors (Lipinski definition) is 1. The first kappa shape index (κ1) is 17.5. The molecule has 25 heavy (non-hydrogen) atoms. The van der Waals surface area contributed by atoms with Gasteiger partial charge >= 0.3 is 0 Å². The molecule has 0 aromatic heterocycles. The van der Waals surface area contributed by atoms with Crippen LogP contribution in [0.1, 0.15) is 49.0 Å². The van der Waals surface area contributed by atoms with Crippen molar-refractivity contribution in [3.63, 3.8) is 0 Å². The van der Waals surface area contributed by atoms with Crippen LogP contribution < -0.4 is 10.1 Å². The quantitative estimate of drug-likeness (QED) is 0.742. The first-order valence-electron chi connectivity index (χ1n) is 9.04. The predicted octanol–water partition coefficient (Wildman–Crippen LogP) is 3.90. The monoisotopic (exact) mass is 339 g/mol. The zero-order chi connectivity index (χ0) is 17.8. The van der Waals surface area contributed by atoms with Crippen molar-refractivity contribution in [3.05, 3.63) is 41.5 Å². The number of carbonyl (C=O) groups excluding carboxylic acids is 2. The van der Waals surface area contributed by atoms with Crippen LogP contribution in [0.25, 0.3) is 10.8 Å². The van der Waals surface area contributed by atoms with Crippen LogP contribution >= 0.6 is 0 Å². The Bertz CT molecular complexity index is 793. The highest BCUT2D eigenvalue weighted by Crippen LogP contribution is 2.31. The molecule has 1 aliphatic carbocycles. The normalized spacial score (nSPS) is 13.7. The van der Waals surface area contributed by atoms with Crippen LogP contribution in [-0.2, 0) is 11.2 Å². The van der Waals surface area contributed by atoms with E-state index in [1.165, 1.54) is 19.8 Å². The number of rotatable bonds is 8. The third kappa shape index (κ3) is 4.59. The van der Waals surface area contributed by atoms with Gasteiger partial charge in [0.15, 0.2) is 5.78 Å².